The highest BCUT2D eigenvalue weighted by Crippen LogP contribution is 2.32. The van der Waals surface area contributed by atoms with Crippen LogP contribution in [0.3, 0.4) is 0 Å². The van der Waals surface area contributed by atoms with Crippen molar-refractivity contribution in [3.8, 4) is 5.75 Å². The Bertz CT molecular complexity index is 820. The predicted molar refractivity (Wildman–Crippen MR) is 62.8 cm³/mol. The Morgan fingerprint density at radius 1 is 1.25 bits per heavy atom. The molecule has 5 nitrogen and oxygen atoms in total. The molecule has 0 spiro atoms. The van der Waals surface area contributed by atoms with Crippen LogP contribution in [0, 0.1) is 6.92 Å². The minimum Gasteiger partial charge on any atom is -0.423 e. The summed E-state index contributed by atoms with van der Waals surface area (Å²) in [6.07, 6.45) is 0. The fourth-order valence-corrected chi connectivity index (χ4v) is 2.08. The van der Waals surface area contributed by atoms with Crippen LogP contribution in [0.15, 0.2) is 33.5 Å². The van der Waals surface area contributed by atoms with Crippen LogP contribution < -0.4 is 9.81 Å². The number of aryl methyl sites for hydroxylation is 1. The van der Waals surface area contributed by atoms with E-state index >= 15 is 0 Å². The van der Waals surface area contributed by atoms with E-state index in [1.165, 1.54) is 19.1 Å². The summed E-state index contributed by atoms with van der Waals surface area (Å²) in [6, 6.07) is 4.59. The minimum atomic E-state index is -5.79. The van der Waals surface area contributed by atoms with Gasteiger partial charge in [-0.2, -0.15) is 21.6 Å². The van der Waals surface area contributed by atoms with Crippen molar-refractivity contribution in [3.05, 3.63) is 40.2 Å². The van der Waals surface area contributed by atoms with Gasteiger partial charge in [-0.3, -0.25) is 0 Å². The van der Waals surface area contributed by atoms with Crippen LogP contribution >= 0.6 is 0 Å². The van der Waals surface area contributed by atoms with Crippen molar-refractivity contribution < 1.29 is 30.2 Å². The standard InChI is InChI=1S/C11H7F3O5S/c1-6-5-9(15)18-7-3-2-4-8(10(6)7)19-20(16,17)11(12,13)14/h2-5H,1H3. The van der Waals surface area contributed by atoms with Gasteiger partial charge in [-0.25, -0.2) is 4.79 Å². The van der Waals surface area contributed by atoms with Crippen molar-refractivity contribution >= 4 is 21.1 Å². The largest absolute Gasteiger partial charge is 0.534 e. The summed E-state index contributed by atoms with van der Waals surface area (Å²) < 4.78 is 67.8. The molecule has 9 heteroatoms. The lowest BCUT2D eigenvalue weighted by Crippen LogP contribution is -2.28. The lowest BCUT2D eigenvalue weighted by molar-refractivity contribution is -0.0499. The smallest absolute Gasteiger partial charge is 0.423 e. The summed E-state index contributed by atoms with van der Waals surface area (Å²) in [5.74, 6) is -0.555. The Kier molecular flexibility index (Phi) is 3.24. The SMILES string of the molecule is Cc1cc(=O)oc2cccc(OS(=O)(=O)C(F)(F)F)c12. The first kappa shape index (κ1) is 14.4. The molecule has 0 N–H and O–H groups in total. The van der Waals surface area contributed by atoms with Gasteiger partial charge in [0.25, 0.3) is 0 Å². The van der Waals surface area contributed by atoms with Gasteiger partial charge in [-0.05, 0) is 24.6 Å². The van der Waals surface area contributed by atoms with Crippen LogP contribution in [0.1, 0.15) is 5.56 Å². The van der Waals surface area contributed by atoms with Gasteiger partial charge in [0.15, 0.2) is 5.75 Å². The summed E-state index contributed by atoms with van der Waals surface area (Å²) in [4.78, 5) is 11.2. The molecule has 1 aromatic carbocycles. The topological polar surface area (TPSA) is 73.6 Å². The van der Waals surface area contributed by atoms with E-state index in [0.717, 1.165) is 12.1 Å². The summed E-state index contributed by atoms with van der Waals surface area (Å²) in [5, 5.41) is -0.0140. The lowest BCUT2D eigenvalue weighted by Gasteiger charge is -2.11. The lowest BCUT2D eigenvalue weighted by atomic mass is 10.1. The van der Waals surface area contributed by atoms with Gasteiger partial charge in [0.2, 0.25) is 0 Å². The van der Waals surface area contributed by atoms with E-state index in [1.807, 2.05) is 0 Å². The normalized spacial score (nSPS) is 12.6. The molecule has 2 aromatic rings. The van der Waals surface area contributed by atoms with E-state index in [1.54, 1.807) is 0 Å². The van der Waals surface area contributed by atoms with E-state index in [4.69, 9.17) is 4.42 Å². The number of halogens is 3. The number of fused-ring (bicyclic) bond motifs is 1. The first-order valence-electron chi connectivity index (χ1n) is 5.16. The molecule has 1 heterocycles. The van der Waals surface area contributed by atoms with Gasteiger partial charge in [0.1, 0.15) is 5.58 Å². The van der Waals surface area contributed by atoms with Gasteiger partial charge >= 0.3 is 21.3 Å². The van der Waals surface area contributed by atoms with E-state index in [9.17, 15) is 26.4 Å². The maximum atomic E-state index is 12.3. The van der Waals surface area contributed by atoms with Crippen molar-refractivity contribution in [2.24, 2.45) is 0 Å². The maximum absolute atomic E-state index is 12.3. The number of hydrogen-bond acceptors (Lipinski definition) is 5. The number of rotatable bonds is 2. The molecular weight excluding hydrogens is 301 g/mol. The summed E-state index contributed by atoms with van der Waals surface area (Å²) >= 11 is 0. The molecule has 2 rings (SSSR count). The van der Waals surface area contributed by atoms with Crippen molar-refractivity contribution in [3.63, 3.8) is 0 Å². The van der Waals surface area contributed by atoms with E-state index in [-0.39, 0.29) is 16.5 Å². The third-order valence-corrected chi connectivity index (χ3v) is 3.38. The fraction of sp³-hybridized carbons (Fsp3) is 0.182. The number of hydrogen-bond donors (Lipinski definition) is 0. The summed E-state index contributed by atoms with van der Waals surface area (Å²) in [6.45, 7) is 1.42. The molecule has 20 heavy (non-hydrogen) atoms. The van der Waals surface area contributed by atoms with Crippen molar-refractivity contribution in [2.45, 2.75) is 12.4 Å². The molecule has 0 aliphatic heterocycles. The van der Waals surface area contributed by atoms with Crippen molar-refractivity contribution in [2.75, 3.05) is 0 Å². The Hall–Kier alpha value is -2.03. The molecule has 0 atom stereocenters. The van der Waals surface area contributed by atoms with Gasteiger partial charge in [0, 0.05) is 6.07 Å². The second-order valence-electron chi connectivity index (χ2n) is 3.86. The van der Waals surface area contributed by atoms with Gasteiger partial charge in [-0.1, -0.05) is 6.07 Å². The molecular formula is C11H7F3O5S. The van der Waals surface area contributed by atoms with Crippen LogP contribution in [-0.4, -0.2) is 13.9 Å². The molecule has 0 radical (unpaired) electrons. The average Bonchev–Trinajstić information content (AvgIpc) is 2.25. The van der Waals surface area contributed by atoms with E-state index in [2.05, 4.69) is 4.18 Å². The molecule has 1 aromatic heterocycles. The second kappa shape index (κ2) is 4.51. The molecule has 0 fully saturated rings. The highest BCUT2D eigenvalue weighted by Gasteiger charge is 2.48. The minimum absolute atomic E-state index is 0.0140. The van der Waals surface area contributed by atoms with Crippen LogP contribution in [-0.2, 0) is 10.1 Å². The molecule has 0 aliphatic rings. The molecule has 0 bridgehead atoms. The Morgan fingerprint density at radius 3 is 2.50 bits per heavy atom. The average molecular weight is 308 g/mol. The first-order chi connectivity index (χ1) is 9.12. The Morgan fingerprint density at radius 2 is 1.90 bits per heavy atom. The summed E-state index contributed by atoms with van der Waals surface area (Å²) in [7, 11) is -5.79. The quantitative estimate of drug-likeness (QED) is 0.483. The van der Waals surface area contributed by atoms with Gasteiger partial charge in [-0.15, -0.1) is 0 Å². The molecule has 0 unspecified atom stereocenters. The highest BCUT2D eigenvalue weighted by atomic mass is 32.2. The fourth-order valence-electron chi connectivity index (χ4n) is 1.61. The zero-order chi connectivity index (χ0) is 15.1. The third kappa shape index (κ3) is 2.48. The predicted octanol–water partition coefficient (Wildman–Crippen LogP) is 2.33. The number of alkyl halides is 3. The van der Waals surface area contributed by atoms with Crippen LogP contribution in [0.2, 0.25) is 0 Å². The maximum Gasteiger partial charge on any atom is 0.534 e. The van der Waals surface area contributed by atoms with Crippen molar-refractivity contribution in [1.82, 2.24) is 0 Å². The van der Waals surface area contributed by atoms with Crippen LogP contribution in [0.25, 0.3) is 11.0 Å². The van der Waals surface area contributed by atoms with Crippen LogP contribution in [0.5, 0.6) is 5.75 Å². The molecule has 108 valence electrons. The van der Waals surface area contributed by atoms with Gasteiger partial charge in [0.05, 0.1) is 5.39 Å². The Labute approximate surface area is 110 Å². The van der Waals surface area contributed by atoms with Crippen LogP contribution in [0.4, 0.5) is 13.2 Å². The van der Waals surface area contributed by atoms with Gasteiger partial charge < -0.3 is 8.60 Å². The summed E-state index contributed by atoms with van der Waals surface area (Å²) in [5.41, 5.74) is -6.07. The molecule has 0 aliphatic carbocycles. The monoisotopic (exact) mass is 308 g/mol. The third-order valence-electron chi connectivity index (χ3n) is 2.41. The van der Waals surface area contributed by atoms with E-state index < -0.39 is 27.0 Å². The second-order valence-corrected chi connectivity index (χ2v) is 5.40. The molecule has 0 amide bonds. The zero-order valence-corrected chi connectivity index (χ0v) is 10.7. The Balaban J connectivity index is 2.66. The van der Waals surface area contributed by atoms with Crippen molar-refractivity contribution in [1.29, 1.82) is 0 Å². The number of benzene rings is 1. The highest BCUT2D eigenvalue weighted by molar-refractivity contribution is 7.88. The molecule has 0 saturated carbocycles. The van der Waals surface area contributed by atoms with E-state index in [0.29, 0.717) is 0 Å². The zero-order valence-electron chi connectivity index (χ0n) is 9.89. The molecule has 0 saturated heterocycles. The first-order valence-corrected chi connectivity index (χ1v) is 6.57.